The minimum Gasteiger partial charge on any atom is -0.496 e. The molecule has 0 spiro atoms. The van der Waals surface area contributed by atoms with Gasteiger partial charge in [-0.05, 0) is 30.7 Å². The summed E-state index contributed by atoms with van der Waals surface area (Å²) in [7, 11) is 1.65. The lowest BCUT2D eigenvalue weighted by atomic mass is 10.2. The number of carbonyl (C=O) groups excluding carboxylic acids is 1. The molecule has 0 bridgehead atoms. The Bertz CT molecular complexity index is 419. The zero-order chi connectivity index (χ0) is 11.7. The average Bonchev–Trinajstić information content (AvgIpc) is 2.58. The van der Waals surface area contributed by atoms with Gasteiger partial charge in [-0.2, -0.15) is 12.6 Å². The largest absolute Gasteiger partial charge is 0.496 e. The molecule has 3 nitrogen and oxygen atoms in total. The first-order valence-corrected chi connectivity index (χ1v) is 5.76. The lowest BCUT2D eigenvalue weighted by molar-refractivity contribution is -0.117. The molecule has 0 aromatic heterocycles. The Kier molecular flexibility index (Phi) is 3.10. The molecule has 16 heavy (non-hydrogen) atoms. The second kappa shape index (κ2) is 4.37. The Morgan fingerprint density at radius 1 is 1.50 bits per heavy atom. The van der Waals surface area contributed by atoms with Gasteiger partial charge in [-0.1, -0.05) is 0 Å². The summed E-state index contributed by atoms with van der Waals surface area (Å²) in [5.41, 5.74) is 1.97. The maximum absolute atomic E-state index is 11.7. The van der Waals surface area contributed by atoms with Gasteiger partial charge in [0, 0.05) is 23.9 Å². The van der Waals surface area contributed by atoms with Gasteiger partial charge in [0.05, 0.1) is 7.11 Å². The highest BCUT2D eigenvalue weighted by atomic mass is 32.1. The van der Waals surface area contributed by atoms with Gasteiger partial charge < -0.3 is 9.64 Å². The lowest BCUT2D eigenvalue weighted by Crippen LogP contribution is -2.24. The fourth-order valence-electron chi connectivity index (χ4n) is 1.97. The number of methoxy groups -OCH3 is 1. The molecule has 1 aliphatic heterocycles. The van der Waals surface area contributed by atoms with Crippen LogP contribution in [0.15, 0.2) is 18.2 Å². The number of rotatable bonds is 2. The van der Waals surface area contributed by atoms with E-state index in [0.717, 1.165) is 17.0 Å². The number of hydrogen-bond donors (Lipinski definition) is 1. The minimum atomic E-state index is 0.143. The molecule has 1 unspecified atom stereocenters. The van der Waals surface area contributed by atoms with Crippen LogP contribution in [0.2, 0.25) is 0 Å². The van der Waals surface area contributed by atoms with E-state index < -0.39 is 0 Å². The number of thiol groups is 1. The highest BCUT2D eigenvalue weighted by Crippen LogP contribution is 2.28. The summed E-state index contributed by atoms with van der Waals surface area (Å²) in [6, 6.07) is 5.78. The van der Waals surface area contributed by atoms with E-state index >= 15 is 0 Å². The van der Waals surface area contributed by atoms with E-state index in [1.54, 1.807) is 12.0 Å². The molecular weight excluding hydrogens is 222 g/mol. The molecule has 1 aromatic rings. The maximum atomic E-state index is 11.7. The number of benzene rings is 1. The van der Waals surface area contributed by atoms with Crippen LogP contribution >= 0.6 is 12.6 Å². The summed E-state index contributed by atoms with van der Waals surface area (Å²) in [5.74, 6) is 0.988. The molecule has 1 aliphatic rings. The fourth-order valence-corrected chi connectivity index (χ4v) is 2.29. The van der Waals surface area contributed by atoms with Crippen molar-refractivity contribution >= 4 is 24.2 Å². The van der Waals surface area contributed by atoms with E-state index in [4.69, 9.17) is 4.74 Å². The van der Waals surface area contributed by atoms with Crippen LogP contribution in [0.1, 0.15) is 12.0 Å². The molecule has 0 radical (unpaired) electrons. The summed E-state index contributed by atoms with van der Waals surface area (Å²) in [6.07, 6.45) is 0.522. The smallest absolute Gasteiger partial charge is 0.228 e. The Morgan fingerprint density at radius 3 is 2.75 bits per heavy atom. The highest BCUT2D eigenvalue weighted by Gasteiger charge is 2.28. The van der Waals surface area contributed by atoms with Crippen molar-refractivity contribution in [3.05, 3.63) is 23.8 Å². The third-order valence-corrected chi connectivity index (χ3v) is 3.14. The Hall–Kier alpha value is -1.16. The highest BCUT2D eigenvalue weighted by molar-refractivity contribution is 7.81. The van der Waals surface area contributed by atoms with Gasteiger partial charge in [0.2, 0.25) is 5.91 Å². The molecule has 0 saturated carbocycles. The predicted molar refractivity (Wildman–Crippen MR) is 67.5 cm³/mol. The van der Waals surface area contributed by atoms with Gasteiger partial charge in [-0.15, -0.1) is 0 Å². The van der Waals surface area contributed by atoms with Crippen molar-refractivity contribution < 1.29 is 9.53 Å². The topological polar surface area (TPSA) is 29.5 Å². The van der Waals surface area contributed by atoms with Gasteiger partial charge in [0.1, 0.15) is 5.75 Å². The van der Waals surface area contributed by atoms with E-state index in [0.29, 0.717) is 13.0 Å². The number of anilines is 1. The number of ether oxygens (including phenoxy) is 1. The van der Waals surface area contributed by atoms with E-state index in [1.165, 1.54) is 0 Å². The standard InChI is InChI=1S/C12H15NO2S/c1-8-5-9(3-4-11(8)15-2)13-7-10(16)6-12(13)14/h3-5,10,16H,6-7H2,1-2H3. The predicted octanol–water partition coefficient (Wildman–Crippen LogP) is 2.04. The maximum Gasteiger partial charge on any atom is 0.228 e. The Labute approximate surface area is 101 Å². The summed E-state index contributed by atoms with van der Waals surface area (Å²) in [4.78, 5) is 13.5. The van der Waals surface area contributed by atoms with E-state index in [-0.39, 0.29) is 11.2 Å². The van der Waals surface area contributed by atoms with Crippen molar-refractivity contribution in [3.63, 3.8) is 0 Å². The Balaban J connectivity index is 2.28. The summed E-state index contributed by atoms with van der Waals surface area (Å²) >= 11 is 4.34. The average molecular weight is 237 g/mol. The van der Waals surface area contributed by atoms with Crippen LogP contribution in [-0.4, -0.2) is 24.8 Å². The number of amides is 1. The van der Waals surface area contributed by atoms with Crippen molar-refractivity contribution in [1.29, 1.82) is 0 Å². The van der Waals surface area contributed by atoms with Crippen LogP contribution in [-0.2, 0) is 4.79 Å². The van der Waals surface area contributed by atoms with Crippen LogP contribution < -0.4 is 9.64 Å². The Morgan fingerprint density at radius 2 is 2.25 bits per heavy atom. The first kappa shape index (κ1) is 11.3. The number of aryl methyl sites for hydroxylation is 1. The number of carbonyl (C=O) groups is 1. The van der Waals surface area contributed by atoms with Crippen LogP contribution in [0.4, 0.5) is 5.69 Å². The van der Waals surface area contributed by atoms with Gasteiger partial charge in [0.15, 0.2) is 0 Å². The molecule has 2 rings (SSSR count). The van der Waals surface area contributed by atoms with Crippen molar-refractivity contribution in [2.75, 3.05) is 18.6 Å². The molecule has 1 heterocycles. The van der Waals surface area contributed by atoms with Crippen LogP contribution in [0.25, 0.3) is 0 Å². The van der Waals surface area contributed by atoms with Crippen molar-refractivity contribution in [2.24, 2.45) is 0 Å². The molecule has 1 atom stereocenters. The second-order valence-electron chi connectivity index (χ2n) is 4.02. The third-order valence-electron chi connectivity index (χ3n) is 2.79. The molecule has 4 heteroatoms. The number of nitrogens with zero attached hydrogens (tertiary/aromatic N) is 1. The normalized spacial score (nSPS) is 20.3. The van der Waals surface area contributed by atoms with Crippen molar-refractivity contribution in [1.82, 2.24) is 0 Å². The molecule has 1 aromatic carbocycles. The molecule has 1 saturated heterocycles. The summed E-state index contributed by atoms with van der Waals surface area (Å²) in [5, 5.41) is 0.148. The second-order valence-corrected chi connectivity index (χ2v) is 4.75. The minimum absolute atomic E-state index is 0.143. The van der Waals surface area contributed by atoms with Gasteiger partial charge in [-0.25, -0.2) is 0 Å². The number of hydrogen-bond acceptors (Lipinski definition) is 3. The molecule has 1 fully saturated rings. The SMILES string of the molecule is COc1ccc(N2CC(S)CC2=O)cc1C. The van der Waals surface area contributed by atoms with E-state index in [1.807, 2.05) is 25.1 Å². The zero-order valence-corrected chi connectivity index (χ0v) is 10.3. The molecule has 0 aliphatic carbocycles. The van der Waals surface area contributed by atoms with Gasteiger partial charge >= 0.3 is 0 Å². The molecule has 0 N–H and O–H groups in total. The van der Waals surface area contributed by atoms with Crippen LogP contribution in [0.5, 0.6) is 5.75 Å². The fraction of sp³-hybridized carbons (Fsp3) is 0.417. The van der Waals surface area contributed by atoms with Crippen molar-refractivity contribution in [2.45, 2.75) is 18.6 Å². The van der Waals surface area contributed by atoms with Crippen LogP contribution in [0, 0.1) is 6.92 Å². The van der Waals surface area contributed by atoms with Gasteiger partial charge in [0.25, 0.3) is 0 Å². The summed E-state index contributed by atoms with van der Waals surface area (Å²) < 4.78 is 5.19. The lowest BCUT2D eigenvalue weighted by Gasteiger charge is -2.17. The quantitative estimate of drug-likeness (QED) is 0.798. The van der Waals surface area contributed by atoms with Gasteiger partial charge in [-0.3, -0.25) is 4.79 Å². The monoisotopic (exact) mass is 237 g/mol. The van der Waals surface area contributed by atoms with E-state index in [9.17, 15) is 4.79 Å². The summed E-state index contributed by atoms with van der Waals surface area (Å²) in [6.45, 7) is 2.66. The first-order valence-electron chi connectivity index (χ1n) is 5.25. The molecule has 86 valence electrons. The van der Waals surface area contributed by atoms with E-state index in [2.05, 4.69) is 12.6 Å². The zero-order valence-electron chi connectivity index (χ0n) is 9.43. The molecule has 1 amide bonds. The molecular formula is C12H15NO2S. The third kappa shape index (κ3) is 2.02. The van der Waals surface area contributed by atoms with Crippen molar-refractivity contribution in [3.8, 4) is 5.75 Å². The first-order chi connectivity index (χ1) is 7.61. The van der Waals surface area contributed by atoms with Crippen LogP contribution in [0.3, 0.4) is 0 Å².